The molecule has 1 aliphatic rings. The third-order valence-electron chi connectivity index (χ3n) is 7.70. The Bertz CT molecular complexity index is 1600. The van der Waals surface area contributed by atoms with Crippen molar-refractivity contribution in [2.75, 3.05) is 5.32 Å². The molecule has 5 nitrogen and oxygen atoms in total. The van der Waals surface area contributed by atoms with Crippen LogP contribution >= 0.6 is 0 Å². The molecule has 2 heterocycles. The summed E-state index contributed by atoms with van der Waals surface area (Å²) in [6.07, 6.45) is 8.71. The Morgan fingerprint density at radius 2 is 1.70 bits per heavy atom. The zero-order valence-corrected chi connectivity index (χ0v) is 22.5. The minimum absolute atomic E-state index is 0.234. The number of H-pyrrole nitrogens is 1. The van der Waals surface area contributed by atoms with Crippen molar-refractivity contribution >= 4 is 16.7 Å². The summed E-state index contributed by atoms with van der Waals surface area (Å²) in [5, 5.41) is 4.12. The lowest BCUT2D eigenvalue weighted by atomic mass is 9.82. The van der Waals surface area contributed by atoms with Gasteiger partial charge < -0.3 is 15.0 Å². The SMILES string of the molecule is CCCC1CCCCC1Nc1cc(-c2ccc(Oc3ccccc3)cc2)nc(-c2c[nH]c3c(F)cc(F)cc23)n1. The fourth-order valence-corrected chi connectivity index (χ4v) is 5.75. The second-order valence-electron chi connectivity index (χ2n) is 10.5. The number of halogens is 2. The maximum atomic E-state index is 14.5. The van der Waals surface area contributed by atoms with E-state index >= 15 is 0 Å². The van der Waals surface area contributed by atoms with Gasteiger partial charge in [-0.3, -0.25) is 0 Å². The molecular weight excluding hydrogens is 506 g/mol. The molecule has 3 aromatic carbocycles. The maximum Gasteiger partial charge on any atom is 0.164 e. The fraction of sp³-hybridized carbons (Fsp3) is 0.273. The molecule has 0 bridgehead atoms. The summed E-state index contributed by atoms with van der Waals surface area (Å²) in [6, 6.07) is 21.9. The molecule has 5 aromatic rings. The van der Waals surface area contributed by atoms with E-state index in [1.165, 1.54) is 31.7 Å². The summed E-state index contributed by atoms with van der Waals surface area (Å²) in [6.45, 7) is 2.23. The van der Waals surface area contributed by atoms with E-state index in [4.69, 9.17) is 14.7 Å². The maximum absolute atomic E-state index is 14.5. The van der Waals surface area contributed by atoms with Crippen LogP contribution in [0.25, 0.3) is 33.5 Å². The highest BCUT2D eigenvalue weighted by molar-refractivity contribution is 5.94. The van der Waals surface area contributed by atoms with Crippen LogP contribution in [0.3, 0.4) is 0 Å². The van der Waals surface area contributed by atoms with Gasteiger partial charge in [-0.1, -0.05) is 44.4 Å². The molecule has 0 saturated heterocycles. The van der Waals surface area contributed by atoms with Crippen molar-refractivity contribution in [3.8, 4) is 34.1 Å². The molecule has 0 amide bonds. The number of nitrogens with zero attached hydrogens (tertiary/aromatic N) is 2. The number of hydrogen-bond donors (Lipinski definition) is 2. The van der Waals surface area contributed by atoms with Crippen LogP contribution in [-0.4, -0.2) is 21.0 Å². The fourth-order valence-electron chi connectivity index (χ4n) is 5.75. The first-order chi connectivity index (χ1) is 19.6. The van der Waals surface area contributed by atoms with Crippen molar-refractivity contribution < 1.29 is 13.5 Å². The van der Waals surface area contributed by atoms with E-state index in [9.17, 15) is 8.78 Å². The monoisotopic (exact) mass is 538 g/mol. The second kappa shape index (κ2) is 11.5. The van der Waals surface area contributed by atoms with E-state index in [2.05, 4.69) is 17.2 Å². The van der Waals surface area contributed by atoms with Gasteiger partial charge in [0.25, 0.3) is 0 Å². The van der Waals surface area contributed by atoms with Gasteiger partial charge in [0.2, 0.25) is 0 Å². The number of hydrogen-bond acceptors (Lipinski definition) is 4. The van der Waals surface area contributed by atoms with E-state index in [-0.39, 0.29) is 5.52 Å². The van der Waals surface area contributed by atoms with E-state index in [1.54, 1.807) is 6.20 Å². The molecule has 0 radical (unpaired) electrons. The van der Waals surface area contributed by atoms with Crippen molar-refractivity contribution in [3.05, 3.63) is 90.6 Å². The highest BCUT2D eigenvalue weighted by atomic mass is 19.1. The summed E-state index contributed by atoms with van der Waals surface area (Å²) >= 11 is 0. The van der Waals surface area contributed by atoms with Crippen LogP contribution in [0.15, 0.2) is 79.0 Å². The van der Waals surface area contributed by atoms with Crippen LogP contribution < -0.4 is 10.1 Å². The van der Waals surface area contributed by atoms with Gasteiger partial charge in [-0.15, -0.1) is 0 Å². The number of para-hydroxylation sites is 1. The Kier molecular flexibility index (Phi) is 7.45. The number of benzene rings is 3. The Morgan fingerprint density at radius 3 is 2.50 bits per heavy atom. The Hall–Kier alpha value is -4.26. The van der Waals surface area contributed by atoms with Crippen molar-refractivity contribution in [1.82, 2.24) is 15.0 Å². The molecule has 2 N–H and O–H groups in total. The highest BCUT2D eigenvalue weighted by Crippen LogP contribution is 2.34. The van der Waals surface area contributed by atoms with Crippen molar-refractivity contribution in [1.29, 1.82) is 0 Å². The van der Waals surface area contributed by atoms with Gasteiger partial charge in [0.15, 0.2) is 5.82 Å². The molecule has 0 aliphatic heterocycles. The van der Waals surface area contributed by atoms with E-state index in [1.807, 2.05) is 60.7 Å². The average molecular weight is 539 g/mol. The average Bonchev–Trinajstić information content (AvgIpc) is 3.39. The summed E-state index contributed by atoms with van der Waals surface area (Å²) in [7, 11) is 0. The Balaban J connectivity index is 1.39. The molecule has 6 rings (SSSR count). The van der Waals surface area contributed by atoms with Gasteiger partial charge in [-0.05, 0) is 67.6 Å². The van der Waals surface area contributed by atoms with Gasteiger partial charge in [-0.25, -0.2) is 18.7 Å². The molecule has 1 aliphatic carbocycles. The number of aromatic amines is 1. The van der Waals surface area contributed by atoms with Crippen LogP contribution in [-0.2, 0) is 0 Å². The van der Waals surface area contributed by atoms with Crippen LogP contribution in [0.2, 0.25) is 0 Å². The first-order valence-corrected chi connectivity index (χ1v) is 14.0. The summed E-state index contributed by atoms with van der Waals surface area (Å²) < 4.78 is 34.6. The number of anilines is 1. The molecule has 1 saturated carbocycles. The molecule has 40 heavy (non-hydrogen) atoms. The van der Waals surface area contributed by atoms with Gasteiger partial charge >= 0.3 is 0 Å². The molecule has 2 atom stereocenters. The molecule has 204 valence electrons. The second-order valence-corrected chi connectivity index (χ2v) is 10.5. The number of ether oxygens (including phenoxy) is 1. The molecule has 7 heteroatoms. The van der Waals surface area contributed by atoms with E-state index in [0.717, 1.165) is 36.0 Å². The van der Waals surface area contributed by atoms with Crippen LogP contribution in [0.5, 0.6) is 11.5 Å². The number of rotatable bonds is 8. The standard InChI is InChI=1S/C33H32F2N4O/c1-2-8-21-9-6-7-12-29(21)37-31-19-30(22-13-15-25(16-14-22)40-24-10-4-3-5-11-24)38-33(39-31)27-20-36-32-26(27)17-23(34)18-28(32)35/h3-5,10-11,13-21,29,36H,2,6-9,12H2,1H3,(H,37,38,39). The summed E-state index contributed by atoms with van der Waals surface area (Å²) in [5.41, 5.74) is 2.39. The minimum Gasteiger partial charge on any atom is -0.457 e. The topological polar surface area (TPSA) is 62.8 Å². The van der Waals surface area contributed by atoms with Crippen LogP contribution in [0.1, 0.15) is 45.4 Å². The zero-order valence-electron chi connectivity index (χ0n) is 22.5. The predicted octanol–water partition coefficient (Wildman–Crippen LogP) is 9.13. The normalized spacial score (nSPS) is 17.2. The van der Waals surface area contributed by atoms with Gasteiger partial charge in [-0.2, -0.15) is 0 Å². The molecule has 0 spiro atoms. The largest absolute Gasteiger partial charge is 0.457 e. The first-order valence-electron chi connectivity index (χ1n) is 14.0. The minimum atomic E-state index is -0.644. The third-order valence-corrected chi connectivity index (χ3v) is 7.70. The predicted molar refractivity (Wildman–Crippen MR) is 155 cm³/mol. The molecular formula is C33H32F2N4O. The lowest BCUT2D eigenvalue weighted by molar-refractivity contribution is 0.305. The summed E-state index contributed by atoms with van der Waals surface area (Å²) in [5.74, 6) is 1.90. The zero-order chi connectivity index (χ0) is 27.5. The van der Waals surface area contributed by atoms with Crippen molar-refractivity contribution in [2.24, 2.45) is 5.92 Å². The third kappa shape index (κ3) is 5.55. The lowest BCUT2D eigenvalue weighted by Gasteiger charge is -2.32. The first kappa shape index (κ1) is 26.0. The number of fused-ring (bicyclic) bond motifs is 1. The Labute approximate surface area is 232 Å². The quantitative estimate of drug-likeness (QED) is 0.207. The van der Waals surface area contributed by atoms with Crippen molar-refractivity contribution in [2.45, 2.75) is 51.5 Å². The van der Waals surface area contributed by atoms with Crippen LogP contribution in [0.4, 0.5) is 14.6 Å². The molecule has 2 aromatic heterocycles. The lowest BCUT2D eigenvalue weighted by Crippen LogP contribution is -2.32. The number of nitrogens with one attached hydrogen (secondary N) is 2. The highest BCUT2D eigenvalue weighted by Gasteiger charge is 2.25. The van der Waals surface area contributed by atoms with Crippen molar-refractivity contribution in [3.63, 3.8) is 0 Å². The van der Waals surface area contributed by atoms with Crippen LogP contribution in [0, 0.1) is 17.6 Å². The smallest absolute Gasteiger partial charge is 0.164 e. The summed E-state index contributed by atoms with van der Waals surface area (Å²) in [4.78, 5) is 12.7. The molecule has 1 fully saturated rings. The van der Waals surface area contributed by atoms with E-state index < -0.39 is 11.6 Å². The van der Waals surface area contributed by atoms with Gasteiger partial charge in [0, 0.05) is 40.9 Å². The Morgan fingerprint density at radius 1 is 0.925 bits per heavy atom. The van der Waals surface area contributed by atoms with E-state index in [0.29, 0.717) is 40.2 Å². The van der Waals surface area contributed by atoms with Gasteiger partial charge in [0.1, 0.15) is 29.0 Å². The number of aromatic nitrogens is 3. The molecule has 2 unspecified atom stereocenters. The van der Waals surface area contributed by atoms with Gasteiger partial charge in [0.05, 0.1) is 11.2 Å².